The van der Waals surface area contributed by atoms with Crippen LogP contribution < -0.4 is 10.6 Å². The Labute approximate surface area is 172 Å². The summed E-state index contributed by atoms with van der Waals surface area (Å²) in [6.07, 6.45) is 3.31. The number of halogens is 1. The largest absolute Gasteiger partial charge is 0.323 e. The summed E-state index contributed by atoms with van der Waals surface area (Å²) in [6.45, 7) is 1.99. The molecule has 0 aliphatic rings. The van der Waals surface area contributed by atoms with E-state index in [1.807, 2.05) is 55.5 Å². The number of rotatable bonds is 5. The fraction of sp³-hybridized carbons (Fsp3) is 0.0435. The zero-order chi connectivity index (χ0) is 19.9. The summed E-state index contributed by atoms with van der Waals surface area (Å²) >= 11 is 3.38. The predicted octanol–water partition coefficient (Wildman–Crippen LogP) is 6.30. The van der Waals surface area contributed by atoms with Crippen molar-refractivity contribution in [2.45, 2.75) is 6.92 Å². The van der Waals surface area contributed by atoms with E-state index in [2.05, 4.69) is 26.6 Å². The Hall–Kier alpha value is -3.18. The molecule has 0 atom stereocenters. The van der Waals surface area contributed by atoms with Crippen LogP contribution in [0.25, 0.3) is 6.08 Å². The maximum atomic E-state index is 12.3. The molecule has 5 heteroatoms. The number of ketones is 1. The SMILES string of the molecule is Cc1ccc(NC(=O)Nc2ccc(C(=O)/C=C/c3ccc(Br)cc3)cc2)cc1. The minimum Gasteiger partial charge on any atom is -0.308 e. The molecule has 2 amide bonds. The van der Waals surface area contributed by atoms with Crippen LogP contribution in [0.5, 0.6) is 0 Å². The summed E-state index contributed by atoms with van der Waals surface area (Å²) in [5.74, 6) is -0.0985. The van der Waals surface area contributed by atoms with Gasteiger partial charge in [0.25, 0.3) is 0 Å². The highest BCUT2D eigenvalue weighted by molar-refractivity contribution is 9.10. The maximum absolute atomic E-state index is 12.3. The number of allylic oxidation sites excluding steroid dienone is 1. The molecule has 0 saturated carbocycles. The second-order valence-electron chi connectivity index (χ2n) is 6.27. The molecule has 2 N–H and O–H groups in total. The van der Waals surface area contributed by atoms with Gasteiger partial charge in [-0.3, -0.25) is 4.79 Å². The van der Waals surface area contributed by atoms with Crippen molar-refractivity contribution in [2.75, 3.05) is 10.6 Å². The number of hydrogen-bond acceptors (Lipinski definition) is 2. The molecule has 0 spiro atoms. The first-order chi connectivity index (χ1) is 13.5. The van der Waals surface area contributed by atoms with Crippen LogP contribution in [-0.2, 0) is 0 Å². The zero-order valence-corrected chi connectivity index (χ0v) is 16.9. The lowest BCUT2D eigenvalue weighted by molar-refractivity contribution is 0.104. The molecule has 0 heterocycles. The molecule has 0 bridgehead atoms. The molecule has 3 rings (SSSR count). The third-order valence-corrected chi connectivity index (χ3v) is 4.56. The Morgan fingerprint density at radius 3 is 1.89 bits per heavy atom. The lowest BCUT2D eigenvalue weighted by Crippen LogP contribution is -2.19. The van der Waals surface area contributed by atoms with E-state index in [1.165, 1.54) is 6.08 Å². The number of carbonyl (C=O) groups is 2. The van der Waals surface area contributed by atoms with Gasteiger partial charge in [-0.2, -0.15) is 0 Å². The molecule has 140 valence electrons. The highest BCUT2D eigenvalue weighted by Gasteiger charge is 2.05. The topological polar surface area (TPSA) is 58.2 Å². The first-order valence-electron chi connectivity index (χ1n) is 8.72. The normalized spacial score (nSPS) is 10.6. The quantitative estimate of drug-likeness (QED) is 0.365. The number of aryl methyl sites for hydroxylation is 1. The van der Waals surface area contributed by atoms with Crippen molar-refractivity contribution in [1.82, 2.24) is 0 Å². The summed E-state index contributed by atoms with van der Waals surface area (Å²) in [4.78, 5) is 24.4. The molecule has 0 unspecified atom stereocenters. The summed E-state index contributed by atoms with van der Waals surface area (Å²) < 4.78 is 0.991. The van der Waals surface area contributed by atoms with Crippen LogP contribution in [0.15, 0.2) is 83.3 Å². The molecule has 0 fully saturated rings. The Bertz CT molecular complexity index is 992. The van der Waals surface area contributed by atoms with E-state index in [4.69, 9.17) is 0 Å². The zero-order valence-electron chi connectivity index (χ0n) is 15.3. The molecule has 28 heavy (non-hydrogen) atoms. The minimum absolute atomic E-state index is 0.0985. The number of amides is 2. The Morgan fingerprint density at radius 2 is 1.32 bits per heavy atom. The first-order valence-corrected chi connectivity index (χ1v) is 9.52. The van der Waals surface area contributed by atoms with Crippen molar-refractivity contribution in [3.05, 3.63) is 100 Å². The van der Waals surface area contributed by atoms with Gasteiger partial charge >= 0.3 is 6.03 Å². The summed E-state index contributed by atoms with van der Waals surface area (Å²) in [5.41, 5.74) is 3.95. The Kier molecular flexibility index (Phi) is 6.40. The van der Waals surface area contributed by atoms with Crippen LogP contribution in [0.1, 0.15) is 21.5 Å². The van der Waals surface area contributed by atoms with Crippen molar-refractivity contribution in [3.63, 3.8) is 0 Å². The van der Waals surface area contributed by atoms with E-state index in [1.54, 1.807) is 30.3 Å². The molecule has 0 aromatic heterocycles. The van der Waals surface area contributed by atoms with Crippen molar-refractivity contribution in [3.8, 4) is 0 Å². The van der Waals surface area contributed by atoms with Gasteiger partial charge in [-0.25, -0.2) is 4.79 Å². The smallest absolute Gasteiger partial charge is 0.308 e. The standard InChI is InChI=1S/C23H19BrN2O2/c1-16-2-11-20(12-3-16)25-23(28)26-21-13-7-18(8-14-21)22(27)15-6-17-4-9-19(24)10-5-17/h2-15H,1H3,(H2,25,26,28)/b15-6+. The molecular formula is C23H19BrN2O2. The van der Waals surface area contributed by atoms with Crippen LogP contribution in [0, 0.1) is 6.92 Å². The van der Waals surface area contributed by atoms with Gasteiger partial charge < -0.3 is 10.6 Å². The van der Waals surface area contributed by atoms with Gasteiger partial charge in [0.15, 0.2) is 5.78 Å². The average molecular weight is 435 g/mol. The van der Waals surface area contributed by atoms with Crippen LogP contribution >= 0.6 is 15.9 Å². The highest BCUT2D eigenvalue weighted by Crippen LogP contribution is 2.14. The van der Waals surface area contributed by atoms with Crippen LogP contribution in [0.4, 0.5) is 16.2 Å². The number of anilines is 2. The van der Waals surface area contributed by atoms with Gasteiger partial charge in [0.1, 0.15) is 0 Å². The van der Waals surface area contributed by atoms with E-state index in [0.717, 1.165) is 15.6 Å². The second-order valence-corrected chi connectivity index (χ2v) is 7.19. The third kappa shape index (κ3) is 5.66. The van der Waals surface area contributed by atoms with Gasteiger partial charge in [0, 0.05) is 21.4 Å². The van der Waals surface area contributed by atoms with Gasteiger partial charge in [-0.15, -0.1) is 0 Å². The third-order valence-electron chi connectivity index (χ3n) is 4.03. The van der Waals surface area contributed by atoms with Crippen molar-refractivity contribution < 1.29 is 9.59 Å². The van der Waals surface area contributed by atoms with Crippen molar-refractivity contribution >= 4 is 45.2 Å². The fourth-order valence-electron chi connectivity index (χ4n) is 2.49. The second kappa shape index (κ2) is 9.15. The summed E-state index contributed by atoms with van der Waals surface area (Å²) in [6, 6.07) is 21.7. The Morgan fingerprint density at radius 1 is 0.786 bits per heavy atom. The first kappa shape index (κ1) is 19.6. The number of carbonyl (C=O) groups excluding carboxylic acids is 2. The van der Waals surface area contributed by atoms with Crippen LogP contribution in [0.2, 0.25) is 0 Å². The Balaban J connectivity index is 1.57. The van der Waals surface area contributed by atoms with E-state index in [-0.39, 0.29) is 11.8 Å². The molecule has 0 aliphatic carbocycles. The van der Waals surface area contributed by atoms with Gasteiger partial charge in [-0.1, -0.05) is 51.8 Å². The van der Waals surface area contributed by atoms with Crippen LogP contribution in [0.3, 0.4) is 0 Å². The molecule has 0 aliphatic heterocycles. The van der Waals surface area contributed by atoms with Gasteiger partial charge in [0.05, 0.1) is 0 Å². The monoisotopic (exact) mass is 434 g/mol. The fourth-order valence-corrected chi connectivity index (χ4v) is 2.75. The number of hydrogen-bond donors (Lipinski definition) is 2. The highest BCUT2D eigenvalue weighted by atomic mass is 79.9. The minimum atomic E-state index is -0.335. The van der Waals surface area contributed by atoms with E-state index in [0.29, 0.717) is 16.9 Å². The molecule has 4 nitrogen and oxygen atoms in total. The summed E-state index contributed by atoms with van der Waals surface area (Å²) in [7, 11) is 0. The van der Waals surface area contributed by atoms with Crippen molar-refractivity contribution in [2.24, 2.45) is 0 Å². The number of urea groups is 1. The average Bonchev–Trinajstić information content (AvgIpc) is 2.69. The van der Waals surface area contributed by atoms with E-state index < -0.39 is 0 Å². The van der Waals surface area contributed by atoms with E-state index >= 15 is 0 Å². The van der Waals surface area contributed by atoms with Gasteiger partial charge in [0.2, 0.25) is 0 Å². The van der Waals surface area contributed by atoms with Crippen LogP contribution in [-0.4, -0.2) is 11.8 Å². The van der Waals surface area contributed by atoms with Crippen molar-refractivity contribution in [1.29, 1.82) is 0 Å². The number of nitrogens with one attached hydrogen (secondary N) is 2. The summed E-state index contributed by atoms with van der Waals surface area (Å²) in [5, 5.41) is 5.52. The number of benzene rings is 3. The lowest BCUT2D eigenvalue weighted by atomic mass is 10.1. The molecule has 0 saturated heterocycles. The molecule has 0 radical (unpaired) electrons. The lowest BCUT2D eigenvalue weighted by Gasteiger charge is -2.08. The predicted molar refractivity (Wildman–Crippen MR) is 118 cm³/mol. The molecule has 3 aromatic rings. The molecule has 3 aromatic carbocycles. The van der Waals surface area contributed by atoms with E-state index in [9.17, 15) is 9.59 Å². The molecular weight excluding hydrogens is 416 g/mol. The maximum Gasteiger partial charge on any atom is 0.323 e. The van der Waals surface area contributed by atoms with Gasteiger partial charge in [-0.05, 0) is 67.1 Å².